The van der Waals surface area contributed by atoms with Crippen LogP contribution in [0.3, 0.4) is 0 Å². The molecule has 5 unspecified atom stereocenters. The van der Waals surface area contributed by atoms with Crippen LogP contribution in [-0.4, -0.2) is 77.6 Å². The van der Waals surface area contributed by atoms with E-state index in [1.54, 1.807) is 36.2 Å². The highest BCUT2D eigenvalue weighted by atomic mass is 35.5. The number of anilines is 1. The van der Waals surface area contributed by atoms with Crippen molar-refractivity contribution in [1.82, 2.24) is 29.9 Å². The molecule has 1 saturated heterocycles. The molecular formula is C22H22ClN7O4S2. The number of thioether (sulfide) groups is 1. The third kappa shape index (κ3) is 4.95. The number of nitrogens with zero attached hydrogens (tertiary/aromatic N) is 6. The van der Waals surface area contributed by atoms with Crippen molar-refractivity contribution in [2.45, 2.75) is 34.7 Å². The number of ether oxygens (including phenoxy) is 2. The standard InChI is InChI=1S/C22H22ClN7O4S2/c1-33-20-18(30-8-13(28-29-30)14-10-35-22(24)27-14)19(32)15(9-31)34-21(20)36-16-6-12(23)7-26-17(16)11-2-4-25-5-3-11/h2-8,10,15,18-21,31-32H,9H2,1H3,(H2,24,27). The van der Waals surface area contributed by atoms with Gasteiger partial charge >= 0.3 is 0 Å². The van der Waals surface area contributed by atoms with Crippen LogP contribution in [0.1, 0.15) is 6.04 Å². The predicted octanol–water partition coefficient (Wildman–Crippen LogP) is 2.52. The van der Waals surface area contributed by atoms with Gasteiger partial charge in [-0.15, -0.1) is 16.4 Å². The zero-order valence-electron chi connectivity index (χ0n) is 18.9. The van der Waals surface area contributed by atoms with E-state index in [-0.39, 0.29) is 0 Å². The summed E-state index contributed by atoms with van der Waals surface area (Å²) in [6, 6.07) is 4.77. The normalized spacial score (nSPS) is 24.2. The van der Waals surface area contributed by atoms with E-state index in [2.05, 4.69) is 25.3 Å². The number of aliphatic hydroxyl groups is 2. The minimum atomic E-state index is -1.12. The molecule has 0 spiro atoms. The second-order valence-corrected chi connectivity index (χ2v) is 10.4. The molecular weight excluding hydrogens is 526 g/mol. The van der Waals surface area contributed by atoms with Crippen LogP contribution in [0.4, 0.5) is 5.13 Å². The van der Waals surface area contributed by atoms with Crippen LogP contribution in [0.2, 0.25) is 5.02 Å². The third-order valence-electron chi connectivity index (χ3n) is 5.71. The van der Waals surface area contributed by atoms with Crippen molar-refractivity contribution in [3.8, 4) is 22.6 Å². The lowest BCUT2D eigenvalue weighted by Gasteiger charge is -2.43. The Morgan fingerprint density at radius 1 is 1.31 bits per heavy atom. The Labute approximate surface area is 219 Å². The number of rotatable bonds is 7. The fourth-order valence-electron chi connectivity index (χ4n) is 4.02. The van der Waals surface area contributed by atoms with E-state index in [1.807, 2.05) is 12.1 Å². The number of thiazole rings is 1. The molecule has 0 amide bonds. The van der Waals surface area contributed by atoms with Crippen LogP contribution in [-0.2, 0) is 9.47 Å². The molecule has 1 aliphatic rings. The molecule has 5 atom stereocenters. The zero-order valence-corrected chi connectivity index (χ0v) is 21.3. The van der Waals surface area contributed by atoms with Gasteiger partial charge in [0.15, 0.2) is 5.13 Å². The number of hydrogen-bond donors (Lipinski definition) is 3. The second kappa shape index (κ2) is 10.8. The molecule has 4 aromatic heterocycles. The first-order valence-corrected chi connectivity index (χ1v) is 12.9. The maximum atomic E-state index is 11.1. The van der Waals surface area contributed by atoms with Crippen molar-refractivity contribution < 1.29 is 19.7 Å². The molecule has 11 nitrogen and oxygen atoms in total. The van der Waals surface area contributed by atoms with Crippen LogP contribution >= 0.6 is 34.7 Å². The van der Waals surface area contributed by atoms with Gasteiger partial charge in [-0.2, -0.15) is 0 Å². The molecule has 36 heavy (non-hydrogen) atoms. The van der Waals surface area contributed by atoms with Crippen molar-refractivity contribution >= 4 is 39.8 Å². The van der Waals surface area contributed by atoms with Crippen LogP contribution in [0.5, 0.6) is 0 Å². The van der Waals surface area contributed by atoms with Gasteiger partial charge in [-0.25, -0.2) is 9.67 Å². The van der Waals surface area contributed by atoms with Crippen LogP contribution < -0.4 is 5.73 Å². The molecule has 188 valence electrons. The molecule has 14 heteroatoms. The van der Waals surface area contributed by atoms with Gasteiger partial charge in [0, 0.05) is 41.5 Å². The Hall–Kier alpha value is -2.65. The highest BCUT2D eigenvalue weighted by Gasteiger charge is 2.47. The van der Waals surface area contributed by atoms with Crippen LogP contribution in [0, 0.1) is 0 Å². The summed E-state index contributed by atoms with van der Waals surface area (Å²) in [7, 11) is 1.53. The average Bonchev–Trinajstić information content (AvgIpc) is 3.54. The van der Waals surface area contributed by atoms with Gasteiger partial charge in [0.1, 0.15) is 41.2 Å². The predicted molar refractivity (Wildman–Crippen MR) is 135 cm³/mol. The number of methoxy groups -OCH3 is 1. The summed E-state index contributed by atoms with van der Waals surface area (Å²) in [5, 5.41) is 32.2. The smallest absolute Gasteiger partial charge is 0.180 e. The van der Waals surface area contributed by atoms with Crippen molar-refractivity contribution in [2.75, 3.05) is 19.5 Å². The third-order valence-corrected chi connectivity index (χ3v) is 7.77. The first-order chi connectivity index (χ1) is 17.5. The Balaban J connectivity index is 1.49. The molecule has 1 fully saturated rings. The maximum Gasteiger partial charge on any atom is 0.180 e. The van der Waals surface area contributed by atoms with Crippen LogP contribution in [0.15, 0.2) is 53.3 Å². The van der Waals surface area contributed by atoms with E-state index >= 15 is 0 Å². The lowest BCUT2D eigenvalue weighted by atomic mass is 9.97. The van der Waals surface area contributed by atoms with Crippen molar-refractivity contribution in [3.63, 3.8) is 0 Å². The van der Waals surface area contributed by atoms with E-state index in [0.717, 1.165) is 10.5 Å². The monoisotopic (exact) mass is 547 g/mol. The van der Waals surface area contributed by atoms with E-state index in [0.29, 0.717) is 27.2 Å². The number of nitrogen functional groups attached to an aromatic ring is 1. The topological polar surface area (TPSA) is 154 Å². The van der Waals surface area contributed by atoms with Gasteiger partial charge < -0.3 is 25.4 Å². The minimum Gasteiger partial charge on any atom is -0.394 e. The molecule has 5 rings (SSSR count). The number of hydrogen-bond acceptors (Lipinski definition) is 12. The molecule has 5 heterocycles. The quantitative estimate of drug-likeness (QED) is 0.312. The first-order valence-electron chi connectivity index (χ1n) is 10.8. The highest BCUT2D eigenvalue weighted by Crippen LogP contribution is 2.42. The fraction of sp³-hybridized carbons (Fsp3) is 0.318. The van der Waals surface area contributed by atoms with Gasteiger partial charge in [-0.3, -0.25) is 9.97 Å². The minimum absolute atomic E-state index is 0.402. The summed E-state index contributed by atoms with van der Waals surface area (Å²) in [4.78, 5) is 13.6. The fourth-order valence-corrected chi connectivity index (χ4v) is 6.13. The second-order valence-electron chi connectivity index (χ2n) is 7.92. The van der Waals surface area contributed by atoms with E-state index < -0.39 is 36.4 Å². The van der Waals surface area contributed by atoms with E-state index in [1.165, 1.54) is 34.9 Å². The van der Waals surface area contributed by atoms with Crippen molar-refractivity contribution in [3.05, 3.63) is 53.4 Å². The zero-order chi connectivity index (χ0) is 25.2. The molecule has 0 radical (unpaired) electrons. The summed E-state index contributed by atoms with van der Waals surface area (Å²) in [5.41, 5.74) is 7.73. The first kappa shape index (κ1) is 25.0. The van der Waals surface area contributed by atoms with Gasteiger partial charge in [0.25, 0.3) is 0 Å². The number of aromatic nitrogens is 6. The van der Waals surface area contributed by atoms with Gasteiger partial charge in [-0.1, -0.05) is 28.6 Å². The number of nitrogens with two attached hydrogens (primary N) is 1. The molecule has 0 saturated carbocycles. The van der Waals surface area contributed by atoms with Gasteiger partial charge in [0.05, 0.1) is 23.5 Å². The number of pyridine rings is 2. The Bertz CT molecular complexity index is 1320. The highest BCUT2D eigenvalue weighted by molar-refractivity contribution is 8.00. The SMILES string of the molecule is COC1C(Sc2cc(Cl)cnc2-c2ccncc2)OC(CO)C(O)C1n1cc(-c2csc(N)n2)nn1. The summed E-state index contributed by atoms with van der Waals surface area (Å²) in [6.07, 6.45) is 3.92. The molecule has 1 aliphatic heterocycles. The summed E-state index contributed by atoms with van der Waals surface area (Å²) < 4.78 is 13.4. The molecule has 0 aliphatic carbocycles. The lowest BCUT2D eigenvalue weighted by Crippen LogP contribution is -2.55. The van der Waals surface area contributed by atoms with Crippen molar-refractivity contribution in [1.29, 1.82) is 0 Å². The Kier molecular flexibility index (Phi) is 7.48. The molecule has 4 N–H and O–H groups in total. The molecule has 4 aromatic rings. The van der Waals surface area contributed by atoms with Gasteiger partial charge in [-0.05, 0) is 18.2 Å². The maximum absolute atomic E-state index is 11.1. The Morgan fingerprint density at radius 2 is 2.11 bits per heavy atom. The van der Waals surface area contributed by atoms with Gasteiger partial charge in [0.2, 0.25) is 0 Å². The lowest BCUT2D eigenvalue weighted by molar-refractivity contribution is -0.186. The number of halogens is 1. The average molecular weight is 548 g/mol. The Morgan fingerprint density at radius 3 is 2.81 bits per heavy atom. The number of aliphatic hydroxyl groups excluding tert-OH is 2. The molecule has 0 bridgehead atoms. The molecule has 0 aromatic carbocycles. The van der Waals surface area contributed by atoms with E-state index in [4.69, 9.17) is 26.8 Å². The summed E-state index contributed by atoms with van der Waals surface area (Å²) in [5.74, 6) is 0. The summed E-state index contributed by atoms with van der Waals surface area (Å²) in [6.45, 7) is -0.402. The van der Waals surface area contributed by atoms with Crippen molar-refractivity contribution in [2.24, 2.45) is 0 Å². The summed E-state index contributed by atoms with van der Waals surface area (Å²) >= 11 is 8.91. The largest absolute Gasteiger partial charge is 0.394 e. The van der Waals surface area contributed by atoms with Crippen LogP contribution in [0.25, 0.3) is 22.6 Å². The van der Waals surface area contributed by atoms with E-state index in [9.17, 15) is 10.2 Å².